The van der Waals surface area contributed by atoms with Crippen LogP contribution >= 0.6 is 0 Å². The summed E-state index contributed by atoms with van der Waals surface area (Å²) >= 11 is 0. The third-order valence-corrected chi connectivity index (χ3v) is 4.94. The first-order chi connectivity index (χ1) is 11.1. The van der Waals surface area contributed by atoms with E-state index in [-0.39, 0.29) is 23.8 Å². The van der Waals surface area contributed by atoms with Crippen LogP contribution in [0, 0.1) is 11.8 Å². The van der Waals surface area contributed by atoms with Crippen molar-refractivity contribution in [2.24, 2.45) is 11.8 Å². The first-order valence-electron chi connectivity index (χ1n) is 8.09. The Hall–Kier alpha value is -2.01. The van der Waals surface area contributed by atoms with Crippen molar-refractivity contribution in [1.82, 2.24) is 0 Å². The third kappa shape index (κ3) is 3.26. The molecule has 130 valence electrons. The van der Waals surface area contributed by atoms with Crippen molar-refractivity contribution in [3.8, 4) is 0 Å². The molecule has 0 unspecified atom stereocenters. The highest BCUT2D eigenvalue weighted by Crippen LogP contribution is 2.46. The standard InChI is InChI=1S/C19H25NO4/c1-11(21)16-15(23)10-19(3,24)18(12(2)22)17(16)13-6-8-14(9-7-13)20(4)5/h6-9,16-18,24H,10H2,1-5H3/t16-,17+,18+,19+/m1/s1. The number of rotatable bonds is 4. The first-order valence-corrected chi connectivity index (χ1v) is 8.09. The SMILES string of the molecule is CC(=O)[C@@H]1C(=O)C[C@](C)(O)[C@@H](C(C)=O)[C@H]1c1ccc(N(C)C)cc1. The molecule has 0 spiro atoms. The van der Waals surface area contributed by atoms with Gasteiger partial charge in [0.15, 0.2) is 0 Å². The summed E-state index contributed by atoms with van der Waals surface area (Å²) in [6, 6.07) is 7.44. The van der Waals surface area contributed by atoms with Gasteiger partial charge in [0, 0.05) is 32.1 Å². The topological polar surface area (TPSA) is 74.7 Å². The molecule has 0 bridgehead atoms. The van der Waals surface area contributed by atoms with E-state index in [2.05, 4.69) is 0 Å². The second-order valence-corrected chi connectivity index (χ2v) is 7.19. The Morgan fingerprint density at radius 2 is 1.67 bits per heavy atom. The van der Waals surface area contributed by atoms with Gasteiger partial charge in [-0.05, 0) is 38.5 Å². The normalized spacial score (nSPS) is 30.1. The predicted molar refractivity (Wildman–Crippen MR) is 92.1 cm³/mol. The van der Waals surface area contributed by atoms with E-state index in [0.717, 1.165) is 11.3 Å². The quantitative estimate of drug-likeness (QED) is 0.854. The number of nitrogens with zero attached hydrogens (tertiary/aromatic N) is 1. The number of aliphatic hydroxyl groups is 1. The van der Waals surface area contributed by atoms with Gasteiger partial charge >= 0.3 is 0 Å². The van der Waals surface area contributed by atoms with E-state index in [4.69, 9.17) is 0 Å². The van der Waals surface area contributed by atoms with Crippen LogP contribution in [0.2, 0.25) is 0 Å². The van der Waals surface area contributed by atoms with Crippen LogP contribution in [0.5, 0.6) is 0 Å². The zero-order valence-electron chi connectivity index (χ0n) is 14.9. The zero-order valence-corrected chi connectivity index (χ0v) is 14.9. The maximum absolute atomic E-state index is 12.5. The number of Topliss-reactive ketones (excluding diaryl/α,β-unsaturated/α-hetero) is 3. The number of carbonyl (C=O) groups is 3. The molecular weight excluding hydrogens is 306 g/mol. The largest absolute Gasteiger partial charge is 0.389 e. The molecule has 24 heavy (non-hydrogen) atoms. The van der Waals surface area contributed by atoms with Gasteiger partial charge in [-0.15, -0.1) is 0 Å². The summed E-state index contributed by atoms with van der Waals surface area (Å²) in [5, 5.41) is 10.7. The van der Waals surface area contributed by atoms with E-state index in [1.54, 1.807) is 0 Å². The maximum Gasteiger partial charge on any atom is 0.146 e. The van der Waals surface area contributed by atoms with Gasteiger partial charge in [-0.25, -0.2) is 0 Å². The van der Waals surface area contributed by atoms with Crippen molar-refractivity contribution in [2.45, 2.75) is 38.7 Å². The average molecular weight is 331 g/mol. The van der Waals surface area contributed by atoms with Crippen molar-refractivity contribution < 1.29 is 19.5 Å². The fourth-order valence-electron chi connectivity index (χ4n) is 3.90. The molecule has 0 saturated heterocycles. The molecule has 1 saturated carbocycles. The van der Waals surface area contributed by atoms with E-state index in [1.807, 2.05) is 43.3 Å². The van der Waals surface area contributed by atoms with Crippen molar-refractivity contribution in [2.75, 3.05) is 19.0 Å². The molecular formula is C19H25NO4. The molecule has 0 amide bonds. The number of anilines is 1. The Bertz CT molecular complexity index is 660. The van der Waals surface area contributed by atoms with Crippen molar-refractivity contribution in [1.29, 1.82) is 0 Å². The van der Waals surface area contributed by atoms with Crippen LogP contribution < -0.4 is 4.90 Å². The van der Waals surface area contributed by atoms with Crippen molar-refractivity contribution in [3.05, 3.63) is 29.8 Å². The fraction of sp³-hybridized carbons (Fsp3) is 0.526. The second-order valence-electron chi connectivity index (χ2n) is 7.19. The van der Waals surface area contributed by atoms with E-state index in [1.165, 1.54) is 20.8 Å². The Labute approximate surface area is 142 Å². The number of carbonyl (C=O) groups excluding carboxylic acids is 3. The highest BCUT2D eigenvalue weighted by molar-refractivity contribution is 6.05. The molecule has 4 atom stereocenters. The summed E-state index contributed by atoms with van der Waals surface area (Å²) in [6.45, 7) is 4.29. The highest BCUT2D eigenvalue weighted by Gasteiger charge is 2.53. The number of benzene rings is 1. The van der Waals surface area contributed by atoms with Gasteiger partial charge in [-0.3, -0.25) is 14.4 Å². The molecule has 0 aliphatic heterocycles. The van der Waals surface area contributed by atoms with E-state index in [0.29, 0.717) is 0 Å². The summed E-state index contributed by atoms with van der Waals surface area (Å²) < 4.78 is 0. The summed E-state index contributed by atoms with van der Waals surface area (Å²) in [5.41, 5.74) is 0.264. The van der Waals surface area contributed by atoms with Gasteiger partial charge in [0.2, 0.25) is 0 Å². The van der Waals surface area contributed by atoms with Gasteiger partial charge in [0.25, 0.3) is 0 Å². The first kappa shape index (κ1) is 18.3. The Balaban J connectivity index is 2.58. The molecule has 1 aliphatic carbocycles. The lowest BCUT2D eigenvalue weighted by Crippen LogP contribution is -2.53. The van der Waals surface area contributed by atoms with Crippen LogP contribution in [0.25, 0.3) is 0 Å². The molecule has 5 heteroatoms. The van der Waals surface area contributed by atoms with Gasteiger partial charge in [0.05, 0.1) is 17.4 Å². The van der Waals surface area contributed by atoms with Crippen LogP contribution in [0.15, 0.2) is 24.3 Å². The lowest BCUT2D eigenvalue weighted by Gasteiger charge is -2.44. The van der Waals surface area contributed by atoms with Crippen LogP contribution in [0.4, 0.5) is 5.69 Å². The van der Waals surface area contributed by atoms with Gasteiger partial charge in [-0.1, -0.05) is 12.1 Å². The smallest absolute Gasteiger partial charge is 0.146 e. The molecule has 2 rings (SSSR count). The second kappa shape index (κ2) is 6.48. The number of hydrogen-bond donors (Lipinski definition) is 1. The third-order valence-electron chi connectivity index (χ3n) is 4.94. The van der Waals surface area contributed by atoms with E-state index in [9.17, 15) is 19.5 Å². The zero-order chi connectivity index (χ0) is 18.2. The lowest BCUT2D eigenvalue weighted by atomic mass is 9.60. The molecule has 0 heterocycles. The Morgan fingerprint density at radius 1 is 1.12 bits per heavy atom. The van der Waals surface area contributed by atoms with Crippen LogP contribution in [-0.4, -0.2) is 42.2 Å². The van der Waals surface area contributed by atoms with E-state index >= 15 is 0 Å². The monoisotopic (exact) mass is 331 g/mol. The Morgan fingerprint density at radius 3 is 2.08 bits per heavy atom. The summed E-state index contributed by atoms with van der Waals surface area (Å²) in [6.07, 6.45) is -0.173. The minimum absolute atomic E-state index is 0.173. The van der Waals surface area contributed by atoms with Crippen LogP contribution in [-0.2, 0) is 14.4 Å². The molecule has 1 N–H and O–H groups in total. The summed E-state index contributed by atoms with van der Waals surface area (Å²) in [7, 11) is 3.83. The molecule has 1 aromatic carbocycles. The van der Waals surface area contributed by atoms with Crippen LogP contribution in [0.1, 0.15) is 38.7 Å². The molecule has 1 fully saturated rings. The van der Waals surface area contributed by atoms with E-state index < -0.39 is 23.4 Å². The molecule has 5 nitrogen and oxygen atoms in total. The average Bonchev–Trinajstić information content (AvgIpc) is 2.44. The summed E-state index contributed by atoms with van der Waals surface area (Å²) in [4.78, 5) is 38.8. The van der Waals surface area contributed by atoms with Gasteiger partial charge in [0.1, 0.15) is 17.3 Å². The highest BCUT2D eigenvalue weighted by atomic mass is 16.3. The van der Waals surface area contributed by atoms with Gasteiger partial charge < -0.3 is 10.0 Å². The minimum atomic E-state index is -1.44. The molecule has 0 aromatic heterocycles. The van der Waals surface area contributed by atoms with Crippen molar-refractivity contribution >= 4 is 23.0 Å². The van der Waals surface area contributed by atoms with Crippen molar-refractivity contribution in [3.63, 3.8) is 0 Å². The number of ketones is 3. The molecule has 1 aliphatic rings. The maximum atomic E-state index is 12.5. The van der Waals surface area contributed by atoms with Gasteiger partial charge in [-0.2, -0.15) is 0 Å². The molecule has 0 radical (unpaired) electrons. The Kier molecular flexibility index (Phi) is 4.95. The minimum Gasteiger partial charge on any atom is -0.389 e. The predicted octanol–water partition coefficient (Wildman–Crippen LogP) is 1.97. The van der Waals surface area contributed by atoms with Crippen LogP contribution in [0.3, 0.4) is 0 Å². The fourth-order valence-corrected chi connectivity index (χ4v) is 3.90. The summed E-state index contributed by atoms with van der Waals surface area (Å²) in [5.74, 6) is -3.07. The number of hydrogen-bond acceptors (Lipinski definition) is 5. The lowest BCUT2D eigenvalue weighted by molar-refractivity contribution is -0.151. The molecule has 1 aromatic rings.